The van der Waals surface area contributed by atoms with E-state index in [4.69, 9.17) is 10.0 Å². The average molecular weight is 314 g/mol. The van der Waals surface area contributed by atoms with E-state index in [0.29, 0.717) is 0 Å². The molecule has 0 aliphatic rings. The maximum Gasteiger partial charge on any atom is 0.274 e. The van der Waals surface area contributed by atoms with Gasteiger partial charge in [-0.1, -0.05) is 35.4 Å². The maximum atomic E-state index is 12.0. The van der Waals surface area contributed by atoms with E-state index in [1.54, 1.807) is 12.1 Å². The molecule has 0 bridgehead atoms. The number of rotatable bonds is 5. The van der Waals surface area contributed by atoms with Crippen molar-refractivity contribution < 1.29 is 19.6 Å². The molecule has 0 atom stereocenters. The number of carbonyl (C=O) groups excluding carboxylic acids is 2. The highest BCUT2D eigenvalue weighted by Gasteiger charge is 2.10. The van der Waals surface area contributed by atoms with Crippen LogP contribution in [0.15, 0.2) is 42.5 Å². The lowest BCUT2D eigenvalue weighted by Gasteiger charge is -2.08. The van der Waals surface area contributed by atoms with E-state index in [2.05, 4.69) is 11.5 Å². The summed E-state index contributed by atoms with van der Waals surface area (Å²) < 4.78 is 0. The summed E-state index contributed by atoms with van der Waals surface area (Å²) in [6.45, 7) is 4.23. The molecule has 2 rings (SSSR count). The summed E-state index contributed by atoms with van der Waals surface area (Å²) in [6, 6.07) is 11.9. The second-order valence-electron chi connectivity index (χ2n) is 5.24. The van der Waals surface area contributed by atoms with Gasteiger partial charge in [-0.05, 0) is 37.6 Å². The van der Waals surface area contributed by atoms with Crippen molar-refractivity contribution in [3.63, 3.8) is 0 Å². The Labute approximate surface area is 134 Å². The number of nitrogens with one attached hydrogen (secondary N) is 2. The van der Waals surface area contributed by atoms with Crippen LogP contribution in [0.5, 0.6) is 0 Å². The van der Waals surface area contributed by atoms with E-state index in [1.807, 2.05) is 26.0 Å². The molecule has 0 fully saturated rings. The molecule has 0 aliphatic carbocycles. The first-order valence-electron chi connectivity index (χ1n) is 7.03. The fraction of sp³-hybridized carbons (Fsp3) is 0.176. The van der Waals surface area contributed by atoms with Crippen molar-refractivity contribution in [3.8, 4) is 0 Å². The summed E-state index contributed by atoms with van der Waals surface area (Å²) in [6.07, 6.45) is 0. The van der Waals surface area contributed by atoms with Crippen molar-refractivity contribution in [1.29, 1.82) is 0 Å². The largest absolute Gasteiger partial charge is 0.288 e. The summed E-state index contributed by atoms with van der Waals surface area (Å²) in [7, 11) is 0. The molecule has 2 aromatic carbocycles. The predicted octanol–water partition coefficient (Wildman–Crippen LogP) is 2.28. The lowest BCUT2D eigenvalue weighted by molar-refractivity contribution is 0.0233. The van der Waals surface area contributed by atoms with Crippen LogP contribution < -0.4 is 11.0 Å². The summed E-state index contributed by atoms with van der Waals surface area (Å²) in [4.78, 5) is 28.6. The van der Waals surface area contributed by atoms with Gasteiger partial charge in [-0.25, -0.2) is 11.0 Å². The smallest absolute Gasteiger partial charge is 0.274 e. The third-order valence-corrected chi connectivity index (χ3v) is 3.17. The molecule has 0 aliphatic heterocycles. The normalized spacial score (nSPS) is 10.2. The molecule has 2 amide bonds. The van der Waals surface area contributed by atoms with Crippen molar-refractivity contribution in [1.82, 2.24) is 11.0 Å². The van der Waals surface area contributed by atoms with Crippen molar-refractivity contribution in [2.24, 2.45) is 0 Å². The molecule has 0 spiro atoms. The van der Waals surface area contributed by atoms with Gasteiger partial charge in [-0.3, -0.25) is 19.6 Å². The lowest BCUT2D eigenvalue weighted by atomic mass is 10.1. The first-order valence-corrected chi connectivity index (χ1v) is 7.03. The Morgan fingerprint density at radius 1 is 1.00 bits per heavy atom. The van der Waals surface area contributed by atoms with Crippen molar-refractivity contribution in [3.05, 3.63) is 70.3 Å². The van der Waals surface area contributed by atoms with Crippen LogP contribution in [-0.4, -0.2) is 17.0 Å². The lowest BCUT2D eigenvalue weighted by Crippen LogP contribution is -2.24. The molecule has 6 heteroatoms. The fourth-order valence-corrected chi connectivity index (χ4v) is 2.26. The van der Waals surface area contributed by atoms with Crippen molar-refractivity contribution in [2.45, 2.75) is 20.5 Å². The molecular weight excluding hydrogens is 296 g/mol. The molecule has 0 heterocycles. The minimum absolute atomic E-state index is 0.175. The SMILES string of the molecule is Cc1cc(C)cc(CONC(=O)c2cccc(C(=O)NO)c2)c1. The molecule has 120 valence electrons. The molecule has 0 aromatic heterocycles. The average Bonchev–Trinajstić information content (AvgIpc) is 2.53. The molecular formula is C17H18N2O4. The number of benzene rings is 2. The van der Waals surface area contributed by atoms with Gasteiger partial charge < -0.3 is 0 Å². The van der Waals surface area contributed by atoms with Gasteiger partial charge in [0.1, 0.15) is 0 Å². The van der Waals surface area contributed by atoms with Gasteiger partial charge in [-0.15, -0.1) is 0 Å². The standard InChI is InChI=1S/C17H18N2O4/c1-11-6-12(2)8-13(7-11)10-23-19-17(21)15-5-3-4-14(9-15)16(20)18-22/h3-9,22H,10H2,1-2H3,(H,18,20)(H,19,21). The Hall–Kier alpha value is -2.70. The van der Waals surface area contributed by atoms with Gasteiger partial charge >= 0.3 is 0 Å². The topological polar surface area (TPSA) is 87.7 Å². The van der Waals surface area contributed by atoms with Crippen LogP contribution in [0, 0.1) is 13.8 Å². The van der Waals surface area contributed by atoms with E-state index in [1.165, 1.54) is 17.6 Å². The van der Waals surface area contributed by atoms with Crippen LogP contribution in [0.4, 0.5) is 0 Å². The summed E-state index contributed by atoms with van der Waals surface area (Å²) in [5, 5.41) is 8.61. The number of hydroxylamine groups is 2. The maximum absolute atomic E-state index is 12.0. The second kappa shape index (κ2) is 7.53. The number of aryl methyl sites for hydroxylation is 2. The zero-order chi connectivity index (χ0) is 16.8. The van der Waals surface area contributed by atoms with Crippen LogP contribution >= 0.6 is 0 Å². The van der Waals surface area contributed by atoms with Crippen LogP contribution in [0.3, 0.4) is 0 Å². The number of amides is 2. The van der Waals surface area contributed by atoms with E-state index >= 15 is 0 Å². The monoisotopic (exact) mass is 314 g/mol. The fourth-order valence-electron chi connectivity index (χ4n) is 2.26. The van der Waals surface area contributed by atoms with Gasteiger partial charge in [0, 0.05) is 11.1 Å². The highest BCUT2D eigenvalue weighted by Crippen LogP contribution is 2.10. The Morgan fingerprint density at radius 3 is 2.22 bits per heavy atom. The molecule has 3 N–H and O–H groups in total. The zero-order valence-electron chi connectivity index (χ0n) is 12.9. The van der Waals surface area contributed by atoms with E-state index in [-0.39, 0.29) is 17.7 Å². The Morgan fingerprint density at radius 2 is 1.61 bits per heavy atom. The second-order valence-corrected chi connectivity index (χ2v) is 5.24. The van der Waals surface area contributed by atoms with Crippen LogP contribution in [0.2, 0.25) is 0 Å². The van der Waals surface area contributed by atoms with Crippen LogP contribution in [-0.2, 0) is 11.4 Å². The van der Waals surface area contributed by atoms with Gasteiger partial charge in [0.25, 0.3) is 11.8 Å². The zero-order valence-corrected chi connectivity index (χ0v) is 12.9. The first-order chi connectivity index (χ1) is 11.0. The molecule has 6 nitrogen and oxygen atoms in total. The highest BCUT2D eigenvalue weighted by atomic mass is 16.6. The Kier molecular flexibility index (Phi) is 5.46. The first kappa shape index (κ1) is 16.7. The highest BCUT2D eigenvalue weighted by molar-refractivity contribution is 5.98. The molecule has 2 aromatic rings. The van der Waals surface area contributed by atoms with E-state index in [0.717, 1.165) is 16.7 Å². The van der Waals surface area contributed by atoms with Gasteiger partial charge in [0.15, 0.2) is 0 Å². The summed E-state index contributed by atoms with van der Waals surface area (Å²) >= 11 is 0. The third kappa shape index (κ3) is 4.64. The van der Waals surface area contributed by atoms with Gasteiger partial charge in [0.2, 0.25) is 0 Å². The van der Waals surface area contributed by atoms with E-state index < -0.39 is 11.8 Å². The number of hydrogen-bond acceptors (Lipinski definition) is 4. The van der Waals surface area contributed by atoms with Crippen molar-refractivity contribution >= 4 is 11.8 Å². The van der Waals surface area contributed by atoms with Crippen molar-refractivity contribution in [2.75, 3.05) is 0 Å². The molecule has 0 radical (unpaired) electrons. The van der Waals surface area contributed by atoms with Gasteiger partial charge in [0.05, 0.1) is 6.61 Å². The minimum atomic E-state index is -0.684. The summed E-state index contributed by atoms with van der Waals surface area (Å²) in [5.41, 5.74) is 7.49. The van der Waals surface area contributed by atoms with Crippen LogP contribution in [0.1, 0.15) is 37.4 Å². The number of hydrogen-bond donors (Lipinski definition) is 3. The molecule has 23 heavy (non-hydrogen) atoms. The van der Waals surface area contributed by atoms with Gasteiger partial charge in [-0.2, -0.15) is 0 Å². The van der Waals surface area contributed by atoms with E-state index in [9.17, 15) is 9.59 Å². The Balaban J connectivity index is 1.96. The number of carbonyl (C=O) groups is 2. The third-order valence-electron chi connectivity index (χ3n) is 3.17. The molecule has 0 saturated carbocycles. The quantitative estimate of drug-likeness (QED) is 0.583. The molecule has 0 saturated heterocycles. The summed E-state index contributed by atoms with van der Waals surface area (Å²) in [5.74, 6) is -1.15. The minimum Gasteiger partial charge on any atom is -0.288 e. The molecule has 0 unspecified atom stereocenters. The van der Waals surface area contributed by atoms with Crippen LogP contribution in [0.25, 0.3) is 0 Å². The predicted molar refractivity (Wildman–Crippen MR) is 83.9 cm³/mol. The Bertz CT molecular complexity index is 708.